The molecule has 0 amide bonds. The summed E-state index contributed by atoms with van der Waals surface area (Å²) in [6.07, 6.45) is 5.39. The first-order valence-electron chi connectivity index (χ1n) is 8.43. The summed E-state index contributed by atoms with van der Waals surface area (Å²) in [5.41, 5.74) is 0.829. The molecule has 0 bridgehead atoms. The van der Waals surface area contributed by atoms with Crippen molar-refractivity contribution in [3.05, 3.63) is 35.9 Å². The Hall–Kier alpha value is -1.12. The number of ether oxygens (including phenoxy) is 1. The van der Waals surface area contributed by atoms with Gasteiger partial charge in [0.05, 0.1) is 5.66 Å². The highest BCUT2D eigenvalue weighted by Gasteiger charge is 2.63. The number of benzene rings is 1. The van der Waals surface area contributed by atoms with E-state index in [1.807, 2.05) is 30.3 Å². The molecule has 2 fully saturated rings. The summed E-state index contributed by atoms with van der Waals surface area (Å²) in [4.78, 5) is 11.8. The van der Waals surface area contributed by atoms with Crippen LogP contribution in [0, 0.1) is 5.92 Å². The standard InChI is InChI=1S/C18H25O4P/c1-14(19)22-18-13-7-6-10-16(18)11-12-17(23(18,20)21-2)15-8-4-3-5-9-15/h3-5,8-9,16-17H,6-7,10-13H2,1-2H3. The van der Waals surface area contributed by atoms with E-state index >= 15 is 0 Å². The van der Waals surface area contributed by atoms with Crippen LogP contribution >= 0.6 is 7.37 Å². The first-order valence-corrected chi connectivity index (χ1v) is 10.1. The Morgan fingerprint density at radius 3 is 2.57 bits per heavy atom. The van der Waals surface area contributed by atoms with E-state index in [0.29, 0.717) is 6.42 Å². The van der Waals surface area contributed by atoms with Crippen molar-refractivity contribution < 1.29 is 18.6 Å². The van der Waals surface area contributed by atoms with Gasteiger partial charge in [0.1, 0.15) is 0 Å². The molecule has 0 aromatic heterocycles. The Morgan fingerprint density at radius 1 is 1.17 bits per heavy atom. The third-order valence-electron chi connectivity index (χ3n) is 5.48. The highest BCUT2D eigenvalue weighted by Crippen LogP contribution is 2.77. The van der Waals surface area contributed by atoms with Crippen LogP contribution in [0.3, 0.4) is 0 Å². The van der Waals surface area contributed by atoms with E-state index in [9.17, 15) is 9.36 Å². The van der Waals surface area contributed by atoms with Gasteiger partial charge in [-0.05, 0) is 37.7 Å². The van der Waals surface area contributed by atoms with E-state index in [4.69, 9.17) is 9.26 Å². The second-order valence-corrected chi connectivity index (χ2v) is 9.60. The van der Waals surface area contributed by atoms with Crippen molar-refractivity contribution in [3.63, 3.8) is 0 Å². The van der Waals surface area contributed by atoms with E-state index in [2.05, 4.69) is 0 Å². The third kappa shape index (κ3) is 2.66. The van der Waals surface area contributed by atoms with Crippen LogP contribution in [-0.4, -0.2) is 18.4 Å². The fourth-order valence-corrected chi connectivity index (χ4v) is 8.18. The molecule has 126 valence electrons. The zero-order valence-electron chi connectivity index (χ0n) is 13.9. The molecule has 1 saturated carbocycles. The predicted molar refractivity (Wildman–Crippen MR) is 89.5 cm³/mol. The molecule has 5 heteroatoms. The van der Waals surface area contributed by atoms with Crippen LogP contribution in [0.2, 0.25) is 0 Å². The van der Waals surface area contributed by atoms with Gasteiger partial charge in [-0.3, -0.25) is 9.36 Å². The molecule has 1 saturated heterocycles. The summed E-state index contributed by atoms with van der Waals surface area (Å²) < 4.78 is 25.6. The zero-order valence-corrected chi connectivity index (χ0v) is 14.8. The van der Waals surface area contributed by atoms with Crippen LogP contribution in [0.15, 0.2) is 30.3 Å². The molecular weight excluding hydrogens is 311 g/mol. The number of fused-ring (bicyclic) bond motifs is 1. The summed E-state index contributed by atoms with van der Waals surface area (Å²) in [5.74, 6) is -0.214. The van der Waals surface area contributed by atoms with Crippen LogP contribution in [-0.2, 0) is 18.6 Å². The Morgan fingerprint density at radius 2 is 1.91 bits per heavy atom. The largest absolute Gasteiger partial charge is 0.449 e. The van der Waals surface area contributed by atoms with Gasteiger partial charge in [0.2, 0.25) is 0 Å². The van der Waals surface area contributed by atoms with Crippen LogP contribution in [0.1, 0.15) is 56.7 Å². The molecule has 4 nitrogen and oxygen atoms in total. The lowest BCUT2D eigenvalue weighted by Crippen LogP contribution is -2.48. The quantitative estimate of drug-likeness (QED) is 0.582. The topological polar surface area (TPSA) is 52.6 Å². The van der Waals surface area contributed by atoms with E-state index in [-0.39, 0.29) is 17.5 Å². The second-order valence-electron chi connectivity index (χ2n) is 6.66. The maximum Gasteiger partial charge on any atom is 0.303 e. The number of hydrogen-bond acceptors (Lipinski definition) is 4. The van der Waals surface area contributed by atoms with Crippen molar-refractivity contribution in [3.8, 4) is 0 Å². The van der Waals surface area contributed by atoms with Gasteiger partial charge in [0.25, 0.3) is 7.37 Å². The predicted octanol–water partition coefficient (Wildman–Crippen LogP) is 4.90. The monoisotopic (exact) mass is 336 g/mol. The second kappa shape index (κ2) is 6.41. The maximum absolute atomic E-state index is 14.1. The van der Waals surface area contributed by atoms with Crippen molar-refractivity contribution in [2.24, 2.45) is 5.92 Å². The highest BCUT2D eigenvalue weighted by molar-refractivity contribution is 7.61. The Bertz CT molecular complexity index is 615. The fraction of sp³-hybridized carbons (Fsp3) is 0.611. The van der Waals surface area contributed by atoms with Crippen LogP contribution in [0.5, 0.6) is 0 Å². The number of hydrogen-bond donors (Lipinski definition) is 0. The Balaban J connectivity index is 2.09. The molecule has 1 heterocycles. The number of carbonyl (C=O) groups excluding carboxylic acids is 1. The lowest BCUT2D eigenvalue weighted by atomic mass is 9.81. The van der Waals surface area contributed by atoms with Crippen molar-refractivity contribution in [2.45, 2.75) is 56.4 Å². The minimum Gasteiger partial charge on any atom is -0.449 e. The highest BCUT2D eigenvalue weighted by atomic mass is 31.2. The number of carbonyl (C=O) groups is 1. The molecule has 23 heavy (non-hydrogen) atoms. The van der Waals surface area contributed by atoms with Crippen molar-refractivity contribution in [1.29, 1.82) is 0 Å². The van der Waals surface area contributed by atoms with Crippen molar-refractivity contribution in [2.75, 3.05) is 7.11 Å². The molecule has 1 aromatic carbocycles. The van der Waals surface area contributed by atoms with Gasteiger partial charge in [0.15, 0.2) is 5.34 Å². The van der Waals surface area contributed by atoms with E-state index < -0.39 is 12.7 Å². The SMILES string of the molecule is COP1(=O)C(c2ccccc2)CCC2CCCCC21OC(C)=O. The molecule has 4 unspecified atom stereocenters. The normalized spacial score (nSPS) is 37.0. The summed E-state index contributed by atoms with van der Waals surface area (Å²) in [6.45, 7) is 1.41. The summed E-state index contributed by atoms with van der Waals surface area (Å²) >= 11 is 0. The molecule has 4 atom stereocenters. The first kappa shape index (κ1) is 16.7. The van der Waals surface area contributed by atoms with Gasteiger partial charge in [0, 0.05) is 20.0 Å². The molecule has 3 rings (SSSR count). The van der Waals surface area contributed by atoms with E-state index in [0.717, 1.165) is 37.7 Å². The summed E-state index contributed by atoms with van der Waals surface area (Å²) in [7, 11) is -1.67. The first-order chi connectivity index (χ1) is 11.0. The van der Waals surface area contributed by atoms with Gasteiger partial charge in [-0.1, -0.05) is 36.8 Å². The number of esters is 1. The average molecular weight is 336 g/mol. The minimum absolute atomic E-state index is 0.144. The molecular formula is C18H25O4P. The molecule has 1 aliphatic carbocycles. The van der Waals surface area contributed by atoms with Gasteiger partial charge >= 0.3 is 5.97 Å². The smallest absolute Gasteiger partial charge is 0.303 e. The van der Waals surface area contributed by atoms with Crippen LogP contribution in [0.4, 0.5) is 0 Å². The van der Waals surface area contributed by atoms with Gasteiger partial charge in [-0.15, -0.1) is 0 Å². The van der Waals surface area contributed by atoms with Crippen molar-refractivity contribution >= 4 is 13.3 Å². The van der Waals surface area contributed by atoms with Gasteiger partial charge < -0.3 is 9.26 Å². The van der Waals surface area contributed by atoms with Gasteiger partial charge in [-0.25, -0.2) is 0 Å². The lowest BCUT2D eigenvalue weighted by molar-refractivity contribution is -0.158. The molecule has 0 radical (unpaired) electrons. The summed E-state index contributed by atoms with van der Waals surface area (Å²) in [6, 6.07) is 9.87. The van der Waals surface area contributed by atoms with Crippen LogP contribution in [0.25, 0.3) is 0 Å². The molecule has 1 aliphatic heterocycles. The average Bonchev–Trinajstić information content (AvgIpc) is 2.56. The molecule has 1 aromatic rings. The van der Waals surface area contributed by atoms with Crippen LogP contribution < -0.4 is 0 Å². The van der Waals surface area contributed by atoms with E-state index in [1.54, 1.807) is 0 Å². The maximum atomic E-state index is 14.1. The Labute approximate surface area is 138 Å². The van der Waals surface area contributed by atoms with E-state index in [1.165, 1.54) is 14.0 Å². The minimum atomic E-state index is -3.19. The fourth-order valence-electron chi connectivity index (χ4n) is 4.54. The Kier molecular flexibility index (Phi) is 4.66. The third-order valence-corrected chi connectivity index (χ3v) is 9.13. The van der Waals surface area contributed by atoms with Crippen molar-refractivity contribution in [1.82, 2.24) is 0 Å². The molecule has 2 aliphatic rings. The summed E-state index contributed by atoms with van der Waals surface area (Å²) in [5, 5.41) is -0.940. The molecule has 0 spiro atoms. The van der Waals surface area contributed by atoms with Gasteiger partial charge in [-0.2, -0.15) is 0 Å². The lowest BCUT2D eigenvalue weighted by Gasteiger charge is -2.52. The molecule has 0 N–H and O–H groups in total. The zero-order chi connectivity index (χ0) is 16.5. The number of rotatable bonds is 3.